The molecule has 0 spiro atoms. The van der Waals surface area contributed by atoms with Crippen LogP contribution < -0.4 is 0 Å². The zero-order valence-corrected chi connectivity index (χ0v) is 11.2. The number of rotatable bonds is 3. The Kier molecular flexibility index (Phi) is 3.00. The summed E-state index contributed by atoms with van der Waals surface area (Å²) >= 11 is 3.37. The summed E-state index contributed by atoms with van der Waals surface area (Å²) in [5.74, 6) is -0.802. The van der Waals surface area contributed by atoms with Crippen molar-refractivity contribution in [3.05, 3.63) is 34.5 Å². The van der Waals surface area contributed by atoms with Crippen molar-refractivity contribution in [2.45, 2.75) is 20.3 Å². The number of fused-ring (bicyclic) bond motifs is 1. The van der Waals surface area contributed by atoms with Crippen LogP contribution in [-0.2, 0) is 11.2 Å². The third-order valence-corrected chi connectivity index (χ3v) is 3.32. The van der Waals surface area contributed by atoms with E-state index < -0.39 is 11.4 Å². The summed E-state index contributed by atoms with van der Waals surface area (Å²) in [7, 11) is 0. The number of benzene rings is 1. The van der Waals surface area contributed by atoms with E-state index in [0.29, 0.717) is 6.42 Å². The summed E-state index contributed by atoms with van der Waals surface area (Å²) in [5.41, 5.74) is 0.916. The molecular weight excluding hydrogens is 284 g/mol. The average molecular weight is 297 g/mol. The number of furan rings is 1. The molecule has 1 aromatic heterocycles. The fraction of sp³-hybridized carbons (Fsp3) is 0.308. The molecule has 1 N–H and O–H groups in total. The van der Waals surface area contributed by atoms with Gasteiger partial charge in [0.1, 0.15) is 5.58 Å². The van der Waals surface area contributed by atoms with Gasteiger partial charge in [-0.2, -0.15) is 0 Å². The largest absolute Gasteiger partial charge is 0.481 e. The highest BCUT2D eigenvalue weighted by atomic mass is 79.9. The maximum atomic E-state index is 11.1. The highest BCUT2D eigenvalue weighted by Gasteiger charge is 2.28. The highest BCUT2D eigenvalue weighted by molar-refractivity contribution is 9.10. The van der Waals surface area contributed by atoms with Crippen molar-refractivity contribution in [3.63, 3.8) is 0 Å². The molecule has 0 saturated heterocycles. The second kappa shape index (κ2) is 4.18. The van der Waals surface area contributed by atoms with Gasteiger partial charge in [-0.1, -0.05) is 15.9 Å². The Morgan fingerprint density at radius 2 is 2.18 bits per heavy atom. The third kappa shape index (κ3) is 2.36. The lowest BCUT2D eigenvalue weighted by atomic mass is 9.86. The fourth-order valence-electron chi connectivity index (χ4n) is 1.75. The van der Waals surface area contributed by atoms with Gasteiger partial charge in [0.15, 0.2) is 0 Å². The first kappa shape index (κ1) is 12.2. The second-order valence-corrected chi connectivity index (χ2v) is 5.68. The van der Waals surface area contributed by atoms with E-state index in [2.05, 4.69) is 15.9 Å². The van der Waals surface area contributed by atoms with Crippen LogP contribution in [-0.4, -0.2) is 11.1 Å². The molecule has 90 valence electrons. The van der Waals surface area contributed by atoms with Crippen LogP contribution in [0, 0.1) is 5.41 Å². The van der Waals surface area contributed by atoms with E-state index in [1.807, 2.05) is 18.2 Å². The van der Waals surface area contributed by atoms with Crippen LogP contribution >= 0.6 is 15.9 Å². The van der Waals surface area contributed by atoms with Crippen molar-refractivity contribution in [1.29, 1.82) is 0 Å². The molecule has 0 aliphatic carbocycles. The molecule has 17 heavy (non-hydrogen) atoms. The fourth-order valence-corrected chi connectivity index (χ4v) is 2.09. The summed E-state index contributed by atoms with van der Waals surface area (Å²) in [5, 5.41) is 10.1. The Balaban J connectivity index is 2.41. The minimum atomic E-state index is -0.802. The van der Waals surface area contributed by atoms with Gasteiger partial charge in [-0.25, -0.2) is 0 Å². The normalized spacial score (nSPS) is 11.9. The first-order valence-corrected chi connectivity index (χ1v) is 6.08. The number of hydrogen-bond donors (Lipinski definition) is 1. The Morgan fingerprint density at radius 3 is 2.82 bits per heavy atom. The van der Waals surface area contributed by atoms with Gasteiger partial charge in [0.25, 0.3) is 0 Å². The molecule has 4 heteroatoms. The van der Waals surface area contributed by atoms with E-state index in [0.717, 1.165) is 21.0 Å². The molecule has 0 bridgehead atoms. The second-order valence-electron chi connectivity index (χ2n) is 4.77. The Labute approximate surface area is 108 Å². The molecule has 0 radical (unpaired) electrons. The van der Waals surface area contributed by atoms with Gasteiger partial charge in [0, 0.05) is 9.86 Å². The van der Waals surface area contributed by atoms with Crippen molar-refractivity contribution in [1.82, 2.24) is 0 Å². The topological polar surface area (TPSA) is 50.4 Å². The zero-order valence-electron chi connectivity index (χ0n) is 9.66. The Morgan fingerprint density at radius 1 is 1.47 bits per heavy atom. The molecule has 0 atom stereocenters. The zero-order chi connectivity index (χ0) is 12.6. The minimum absolute atomic E-state index is 0.455. The number of carboxylic acid groups (broad SMARTS) is 1. The van der Waals surface area contributed by atoms with Crippen molar-refractivity contribution in [2.24, 2.45) is 5.41 Å². The van der Waals surface area contributed by atoms with Gasteiger partial charge in [0.05, 0.1) is 11.7 Å². The molecule has 0 aliphatic rings. The predicted molar refractivity (Wildman–Crippen MR) is 69.0 cm³/mol. The van der Waals surface area contributed by atoms with Gasteiger partial charge in [-0.15, -0.1) is 0 Å². The van der Waals surface area contributed by atoms with E-state index in [1.165, 1.54) is 0 Å². The van der Waals surface area contributed by atoms with Gasteiger partial charge in [-0.05, 0) is 44.0 Å². The number of aliphatic carboxylic acids is 1. The SMILES string of the molecule is CC(C)(Cc1coc2cc(Br)ccc12)C(=O)O. The molecule has 2 rings (SSSR count). The number of carbonyl (C=O) groups is 1. The molecule has 1 aromatic carbocycles. The summed E-state index contributed by atoms with van der Waals surface area (Å²) in [6.07, 6.45) is 2.10. The van der Waals surface area contributed by atoms with Crippen molar-refractivity contribution in [3.8, 4) is 0 Å². The number of carboxylic acids is 1. The first-order chi connectivity index (χ1) is 7.90. The van der Waals surface area contributed by atoms with Crippen LogP contribution in [0.3, 0.4) is 0 Å². The van der Waals surface area contributed by atoms with Crippen LogP contribution in [0.4, 0.5) is 0 Å². The predicted octanol–water partition coefficient (Wildman–Crippen LogP) is 3.85. The highest BCUT2D eigenvalue weighted by Crippen LogP contribution is 2.30. The lowest BCUT2D eigenvalue weighted by molar-refractivity contribution is -0.146. The smallest absolute Gasteiger partial charge is 0.309 e. The van der Waals surface area contributed by atoms with E-state index in [9.17, 15) is 4.79 Å². The van der Waals surface area contributed by atoms with E-state index >= 15 is 0 Å². The van der Waals surface area contributed by atoms with Crippen LogP contribution in [0.5, 0.6) is 0 Å². The van der Waals surface area contributed by atoms with E-state index in [1.54, 1.807) is 20.1 Å². The van der Waals surface area contributed by atoms with Gasteiger partial charge in [-0.3, -0.25) is 4.79 Å². The van der Waals surface area contributed by atoms with Crippen LogP contribution in [0.2, 0.25) is 0 Å². The monoisotopic (exact) mass is 296 g/mol. The van der Waals surface area contributed by atoms with Crippen molar-refractivity contribution >= 4 is 32.9 Å². The van der Waals surface area contributed by atoms with Crippen LogP contribution in [0.15, 0.2) is 33.4 Å². The van der Waals surface area contributed by atoms with Gasteiger partial charge < -0.3 is 9.52 Å². The Bertz CT molecular complexity index is 569. The summed E-state index contributed by atoms with van der Waals surface area (Å²) in [4.78, 5) is 11.1. The molecular formula is C13H13BrO3. The first-order valence-electron chi connectivity index (χ1n) is 5.29. The maximum Gasteiger partial charge on any atom is 0.309 e. The van der Waals surface area contributed by atoms with Crippen LogP contribution in [0.1, 0.15) is 19.4 Å². The quantitative estimate of drug-likeness (QED) is 0.936. The maximum absolute atomic E-state index is 11.1. The van der Waals surface area contributed by atoms with Gasteiger partial charge in [0.2, 0.25) is 0 Å². The van der Waals surface area contributed by atoms with E-state index in [4.69, 9.17) is 9.52 Å². The summed E-state index contributed by atoms with van der Waals surface area (Å²) in [6, 6.07) is 5.75. The molecule has 0 unspecified atom stereocenters. The lowest BCUT2D eigenvalue weighted by Crippen LogP contribution is -2.26. The molecule has 0 saturated carbocycles. The van der Waals surface area contributed by atoms with Crippen LogP contribution in [0.25, 0.3) is 11.0 Å². The average Bonchev–Trinajstić information content (AvgIpc) is 2.60. The lowest BCUT2D eigenvalue weighted by Gasteiger charge is -2.17. The molecule has 0 aliphatic heterocycles. The summed E-state index contributed by atoms with van der Waals surface area (Å²) in [6.45, 7) is 3.43. The summed E-state index contributed by atoms with van der Waals surface area (Å²) < 4.78 is 6.38. The molecule has 0 amide bonds. The Hall–Kier alpha value is -1.29. The molecule has 1 heterocycles. The molecule has 0 fully saturated rings. The van der Waals surface area contributed by atoms with Crippen molar-refractivity contribution in [2.75, 3.05) is 0 Å². The number of hydrogen-bond acceptors (Lipinski definition) is 2. The van der Waals surface area contributed by atoms with Gasteiger partial charge >= 0.3 is 5.97 Å². The molecule has 3 nitrogen and oxygen atoms in total. The standard InChI is InChI=1S/C13H13BrO3/c1-13(2,12(15)16)6-8-7-17-11-5-9(14)3-4-10(8)11/h3-5,7H,6H2,1-2H3,(H,15,16). The third-order valence-electron chi connectivity index (χ3n) is 2.83. The minimum Gasteiger partial charge on any atom is -0.481 e. The molecule has 2 aromatic rings. The van der Waals surface area contributed by atoms with Crippen molar-refractivity contribution < 1.29 is 14.3 Å². The number of halogens is 1. The van der Waals surface area contributed by atoms with E-state index in [-0.39, 0.29) is 0 Å².